The number of nitrogens with zero attached hydrogens (tertiary/aromatic N) is 7. The molecule has 15 heteroatoms. The van der Waals surface area contributed by atoms with Crippen LogP contribution in [0.4, 0.5) is 13.2 Å². The number of carbonyl (C=O) groups is 1. The molecule has 3 aromatic heterocycles. The number of aliphatic hydroxyl groups is 1. The second-order valence-electron chi connectivity index (χ2n) is 9.39. The molecule has 0 bridgehead atoms. The Morgan fingerprint density at radius 1 is 1.15 bits per heavy atom. The molecule has 1 saturated heterocycles. The first-order valence-electron chi connectivity index (χ1n) is 12.4. The third-order valence-corrected chi connectivity index (χ3v) is 6.82. The summed E-state index contributed by atoms with van der Waals surface area (Å²) < 4.78 is 42.5. The number of pyridine rings is 1. The van der Waals surface area contributed by atoms with Gasteiger partial charge in [0, 0.05) is 29.2 Å². The van der Waals surface area contributed by atoms with E-state index in [0.717, 1.165) is 27.7 Å². The van der Waals surface area contributed by atoms with E-state index in [4.69, 9.17) is 11.6 Å². The molecule has 0 aliphatic carbocycles. The molecule has 0 saturated carbocycles. The predicted octanol–water partition coefficient (Wildman–Crippen LogP) is 2.52. The Morgan fingerprint density at radius 2 is 1.93 bits per heavy atom. The lowest BCUT2D eigenvalue weighted by Gasteiger charge is -2.15. The first-order valence-corrected chi connectivity index (χ1v) is 12.8. The van der Waals surface area contributed by atoms with Gasteiger partial charge >= 0.3 is 11.9 Å². The van der Waals surface area contributed by atoms with E-state index in [-0.39, 0.29) is 30.1 Å². The van der Waals surface area contributed by atoms with Gasteiger partial charge in [0.05, 0.1) is 18.4 Å². The molecule has 4 heterocycles. The van der Waals surface area contributed by atoms with Gasteiger partial charge in [-0.2, -0.15) is 13.2 Å². The molecule has 5 rings (SSSR count). The van der Waals surface area contributed by atoms with Crippen molar-refractivity contribution in [3.63, 3.8) is 0 Å². The summed E-state index contributed by atoms with van der Waals surface area (Å²) in [5, 5.41) is 21.7. The normalized spacial score (nSPS) is 16.3. The van der Waals surface area contributed by atoms with Gasteiger partial charge in [-0.25, -0.2) is 19.1 Å². The van der Waals surface area contributed by atoms with Crippen molar-refractivity contribution in [3.8, 4) is 17.1 Å². The van der Waals surface area contributed by atoms with E-state index >= 15 is 0 Å². The highest BCUT2D eigenvalue weighted by atomic mass is 35.5. The quantitative estimate of drug-likeness (QED) is 0.313. The lowest BCUT2D eigenvalue weighted by molar-refractivity contribution is -0.207. The number of benzene rings is 1. The fourth-order valence-corrected chi connectivity index (χ4v) is 4.60. The van der Waals surface area contributed by atoms with Crippen LogP contribution in [0, 0.1) is 0 Å². The Balaban J connectivity index is 1.40. The maximum Gasteiger partial charge on any atom is 0.416 e. The fraction of sp³-hybridized carbons (Fsp3) is 0.360. The summed E-state index contributed by atoms with van der Waals surface area (Å²) in [5.41, 5.74) is 1.07. The fourth-order valence-electron chi connectivity index (χ4n) is 4.47. The topological polar surface area (TPSA) is 133 Å². The maximum atomic E-state index is 13.1. The standard InChI is InChI=1S/C25H24ClF3N8O3/c26-17-4-1-16(2-5-17)23-34-36(24(40)35(23)12-20(38)25(27,28)29)13-21-31-14-37(33-21)19-11-30-10-9-15(19)3-6-18-7-8-22(39)32-18/h1-2,4-5,9-11,14,18,20,38H,3,6-8,12-13H2,(H,32,39)/t18?,20-/m0/s1. The van der Waals surface area contributed by atoms with E-state index in [1.807, 2.05) is 6.07 Å². The van der Waals surface area contributed by atoms with Crippen LogP contribution in [-0.4, -0.2) is 63.4 Å². The highest BCUT2D eigenvalue weighted by Gasteiger charge is 2.39. The molecule has 1 fully saturated rings. The summed E-state index contributed by atoms with van der Waals surface area (Å²) in [5.74, 6) is 0.160. The van der Waals surface area contributed by atoms with Gasteiger partial charge in [0.15, 0.2) is 17.8 Å². The van der Waals surface area contributed by atoms with Crippen LogP contribution >= 0.6 is 11.6 Å². The monoisotopic (exact) mass is 576 g/mol. The molecule has 1 unspecified atom stereocenters. The van der Waals surface area contributed by atoms with Gasteiger partial charge in [-0.05, 0) is 55.2 Å². The van der Waals surface area contributed by atoms with Crippen molar-refractivity contribution in [1.82, 2.24) is 39.4 Å². The van der Waals surface area contributed by atoms with Crippen LogP contribution in [0.5, 0.6) is 0 Å². The number of halogens is 4. The number of amides is 1. The molecule has 40 heavy (non-hydrogen) atoms. The van der Waals surface area contributed by atoms with E-state index in [0.29, 0.717) is 29.1 Å². The molecule has 1 aliphatic heterocycles. The van der Waals surface area contributed by atoms with Crippen LogP contribution in [0.2, 0.25) is 5.02 Å². The highest BCUT2D eigenvalue weighted by molar-refractivity contribution is 6.30. The van der Waals surface area contributed by atoms with E-state index in [9.17, 15) is 27.9 Å². The van der Waals surface area contributed by atoms with Crippen LogP contribution in [0.15, 0.2) is 53.8 Å². The van der Waals surface area contributed by atoms with E-state index in [2.05, 4.69) is 25.5 Å². The van der Waals surface area contributed by atoms with Crippen molar-refractivity contribution in [1.29, 1.82) is 0 Å². The Bertz CT molecular complexity index is 1560. The smallest absolute Gasteiger partial charge is 0.382 e. The average Bonchev–Trinajstić information content (AvgIpc) is 3.63. The third-order valence-electron chi connectivity index (χ3n) is 6.57. The number of hydrogen-bond acceptors (Lipinski definition) is 7. The van der Waals surface area contributed by atoms with Crippen LogP contribution in [-0.2, 0) is 24.3 Å². The summed E-state index contributed by atoms with van der Waals surface area (Å²) >= 11 is 5.93. The number of aryl methyl sites for hydroxylation is 1. The highest BCUT2D eigenvalue weighted by Crippen LogP contribution is 2.24. The number of aromatic nitrogens is 7. The zero-order valence-electron chi connectivity index (χ0n) is 20.9. The second kappa shape index (κ2) is 11.2. The molecule has 1 aromatic carbocycles. The van der Waals surface area contributed by atoms with Crippen molar-refractivity contribution in [2.45, 2.75) is 57.1 Å². The third kappa shape index (κ3) is 6.07. The molecular weight excluding hydrogens is 553 g/mol. The Hall–Kier alpha value is -4.04. The number of nitrogens with one attached hydrogen (secondary N) is 1. The lowest BCUT2D eigenvalue weighted by atomic mass is 10.0. The zero-order chi connectivity index (χ0) is 28.4. The van der Waals surface area contributed by atoms with E-state index in [1.165, 1.54) is 35.3 Å². The van der Waals surface area contributed by atoms with Crippen molar-refractivity contribution in [2.24, 2.45) is 0 Å². The number of hydrogen-bond donors (Lipinski definition) is 2. The maximum absolute atomic E-state index is 13.1. The molecule has 4 aromatic rings. The predicted molar refractivity (Wildman–Crippen MR) is 137 cm³/mol. The molecule has 0 spiro atoms. The molecular formula is C25H24ClF3N8O3. The van der Waals surface area contributed by atoms with Gasteiger partial charge in [0.2, 0.25) is 5.91 Å². The average molecular weight is 577 g/mol. The van der Waals surface area contributed by atoms with Gasteiger partial charge in [-0.3, -0.25) is 14.3 Å². The summed E-state index contributed by atoms with van der Waals surface area (Å²) in [7, 11) is 0. The largest absolute Gasteiger partial charge is 0.416 e. The Morgan fingerprint density at radius 3 is 2.62 bits per heavy atom. The van der Waals surface area contributed by atoms with Crippen molar-refractivity contribution in [2.75, 3.05) is 0 Å². The number of alkyl halides is 3. The molecule has 2 atom stereocenters. The van der Waals surface area contributed by atoms with Gasteiger partial charge in [0.25, 0.3) is 0 Å². The van der Waals surface area contributed by atoms with Crippen LogP contribution < -0.4 is 11.0 Å². The van der Waals surface area contributed by atoms with Gasteiger partial charge in [0.1, 0.15) is 12.9 Å². The summed E-state index contributed by atoms with van der Waals surface area (Å²) in [6.07, 6.45) is -0.262. The zero-order valence-corrected chi connectivity index (χ0v) is 21.7. The van der Waals surface area contributed by atoms with Gasteiger partial charge < -0.3 is 10.4 Å². The molecule has 11 nitrogen and oxygen atoms in total. The minimum absolute atomic E-state index is 0.0469. The van der Waals surface area contributed by atoms with Crippen molar-refractivity contribution in [3.05, 3.63) is 75.9 Å². The second-order valence-corrected chi connectivity index (χ2v) is 9.83. The number of rotatable bonds is 9. The van der Waals surface area contributed by atoms with E-state index in [1.54, 1.807) is 12.4 Å². The van der Waals surface area contributed by atoms with Crippen LogP contribution in [0.1, 0.15) is 30.7 Å². The van der Waals surface area contributed by atoms with Gasteiger partial charge in [-0.1, -0.05) is 11.6 Å². The minimum atomic E-state index is -4.93. The van der Waals surface area contributed by atoms with Crippen LogP contribution in [0.25, 0.3) is 17.1 Å². The Kier molecular flexibility index (Phi) is 7.72. The molecule has 1 aliphatic rings. The minimum Gasteiger partial charge on any atom is -0.382 e. The Labute approximate surface area is 230 Å². The van der Waals surface area contributed by atoms with Crippen molar-refractivity contribution < 1.29 is 23.1 Å². The molecule has 1 amide bonds. The number of aliphatic hydroxyl groups excluding tert-OH is 1. The molecule has 0 radical (unpaired) electrons. The summed E-state index contributed by atoms with van der Waals surface area (Å²) in [6.45, 7) is -1.27. The molecule has 210 valence electrons. The van der Waals surface area contributed by atoms with Gasteiger partial charge in [-0.15, -0.1) is 10.2 Å². The van der Waals surface area contributed by atoms with Crippen LogP contribution in [0.3, 0.4) is 0 Å². The first-order chi connectivity index (χ1) is 19.1. The number of carbonyl (C=O) groups excluding carboxylic acids is 1. The van der Waals surface area contributed by atoms with Crippen molar-refractivity contribution >= 4 is 17.5 Å². The lowest BCUT2D eigenvalue weighted by Crippen LogP contribution is -2.37. The summed E-state index contributed by atoms with van der Waals surface area (Å²) in [4.78, 5) is 33.0. The van der Waals surface area contributed by atoms with E-state index < -0.39 is 24.5 Å². The summed E-state index contributed by atoms with van der Waals surface area (Å²) in [6, 6.07) is 8.01. The first kappa shape index (κ1) is 27.5. The SMILES string of the molecule is O=C1CCC(CCc2ccncc2-n2cnc(Cn3nc(-c4ccc(Cl)cc4)n(C[C@H](O)C(F)(F)F)c3=O)n2)N1. The molecule has 2 N–H and O–H groups in total.